The first kappa shape index (κ1) is 36.3. The van der Waals surface area contributed by atoms with Crippen LogP contribution in [0.2, 0.25) is 5.02 Å². The molecule has 15 nitrogen and oxygen atoms in total. The van der Waals surface area contributed by atoms with Gasteiger partial charge in [0, 0.05) is 10.6 Å². The average Bonchev–Trinajstić information content (AvgIpc) is 3.52. The first-order valence-electron chi connectivity index (χ1n) is 14.4. The van der Waals surface area contributed by atoms with Crippen LogP contribution in [0.3, 0.4) is 0 Å². The van der Waals surface area contributed by atoms with Crippen molar-refractivity contribution in [2.75, 3.05) is 12.3 Å². The molecule has 1 aliphatic rings. The molecule has 0 spiro atoms. The number of ether oxygens (including phenoxy) is 2. The maximum absolute atomic E-state index is 14.2. The van der Waals surface area contributed by atoms with Crippen molar-refractivity contribution in [3.05, 3.63) is 81.4 Å². The zero-order valence-corrected chi connectivity index (χ0v) is 27.6. The fourth-order valence-corrected chi connectivity index (χ4v) is 6.82. The molecule has 5 rings (SSSR count). The van der Waals surface area contributed by atoms with Crippen LogP contribution >= 0.6 is 19.3 Å². The van der Waals surface area contributed by atoms with Crippen molar-refractivity contribution in [3.63, 3.8) is 0 Å². The zero-order chi connectivity index (χ0) is 35.9. The maximum Gasteiger partial charge on any atom is 0.459 e. The van der Waals surface area contributed by atoms with E-state index in [2.05, 4.69) is 20.0 Å². The quantitative estimate of drug-likeness (QED) is 0.110. The summed E-state index contributed by atoms with van der Waals surface area (Å²) in [6.07, 6.45) is -8.03. The molecular weight excluding hydrogens is 700 g/mol. The lowest BCUT2D eigenvalue weighted by Gasteiger charge is -2.30. The highest BCUT2D eigenvalue weighted by atomic mass is 35.5. The molecule has 2 aromatic carbocycles. The van der Waals surface area contributed by atoms with Gasteiger partial charge in [0.25, 0.3) is 5.56 Å². The van der Waals surface area contributed by atoms with Gasteiger partial charge in [0.2, 0.25) is 5.95 Å². The molecule has 264 valence electrons. The smallest absolute Gasteiger partial charge is 0.459 e. The molecular formula is C29H31ClF3N6O9P. The molecule has 0 aliphatic carbocycles. The standard InChI is InChI=1S/C29H31ClF3N6O9P/c1-27(2,25(42)45-12-15-6-4-5-7-18(15)29(31,32)33)38-49(44,48-17-10-8-16(30)9-11-17)46-13-19-21(40)28(3,43)24(47-19)39-14-35-20-22(39)36-26(34)37-23(20)41/h4-11,14,19,21,24,40,43H,12-13H2,1-3H3,(H,38,44)(H3,34,36,37,41)/t19?,21-,24?,28-,49?/m1/s1. The Balaban J connectivity index is 1.36. The predicted molar refractivity (Wildman–Crippen MR) is 167 cm³/mol. The molecule has 3 unspecified atom stereocenters. The van der Waals surface area contributed by atoms with Gasteiger partial charge in [-0.05, 0) is 51.1 Å². The van der Waals surface area contributed by atoms with E-state index in [4.69, 9.17) is 35.9 Å². The Labute approximate surface area is 280 Å². The monoisotopic (exact) mass is 730 g/mol. The van der Waals surface area contributed by atoms with Crippen LogP contribution in [0.15, 0.2) is 59.7 Å². The number of hydrogen-bond acceptors (Lipinski definition) is 12. The van der Waals surface area contributed by atoms with Gasteiger partial charge in [-0.15, -0.1) is 0 Å². The van der Waals surface area contributed by atoms with Crippen molar-refractivity contribution in [2.24, 2.45) is 0 Å². The number of aromatic nitrogens is 4. The predicted octanol–water partition coefficient (Wildman–Crippen LogP) is 3.70. The number of aliphatic hydroxyl groups is 2. The van der Waals surface area contributed by atoms with E-state index in [9.17, 15) is 37.5 Å². The number of alkyl halides is 3. The summed E-state index contributed by atoms with van der Waals surface area (Å²) in [6, 6.07) is 10.1. The lowest BCUT2D eigenvalue weighted by atomic mass is 9.96. The average molecular weight is 731 g/mol. The number of carbonyl (C=O) groups excluding carboxylic acids is 1. The van der Waals surface area contributed by atoms with Gasteiger partial charge in [-0.3, -0.25) is 23.7 Å². The normalized spacial score (nSPS) is 22.6. The Bertz CT molecular complexity index is 1950. The number of hydrogen-bond donors (Lipinski definition) is 5. The van der Waals surface area contributed by atoms with Gasteiger partial charge in [0.05, 0.1) is 18.5 Å². The summed E-state index contributed by atoms with van der Waals surface area (Å²) in [4.78, 5) is 35.7. The number of imidazole rings is 1. The van der Waals surface area contributed by atoms with Crippen LogP contribution in [0.5, 0.6) is 5.75 Å². The van der Waals surface area contributed by atoms with Crippen molar-refractivity contribution < 1.29 is 51.3 Å². The van der Waals surface area contributed by atoms with Gasteiger partial charge in [-0.1, -0.05) is 29.8 Å². The number of aromatic amines is 1. The van der Waals surface area contributed by atoms with Crippen LogP contribution in [-0.4, -0.2) is 65.7 Å². The molecule has 0 saturated carbocycles. The lowest BCUT2D eigenvalue weighted by molar-refractivity contribution is -0.152. The van der Waals surface area contributed by atoms with Gasteiger partial charge in [0.1, 0.15) is 35.7 Å². The van der Waals surface area contributed by atoms with E-state index in [1.54, 1.807) is 0 Å². The number of nitrogens with one attached hydrogen (secondary N) is 2. The number of H-pyrrole nitrogens is 1. The molecule has 0 bridgehead atoms. The summed E-state index contributed by atoms with van der Waals surface area (Å²) in [5.74, 6) is -1.38. The molecule has 4 aromatic rings. The first-order valence-corrected chi connectivity index (χ1v) is 16.3. The minimum atomic E-state index is -4.70. The fourth-order valence-electron chi connectivity index (χ4n) is 5.01. The molecule has 2 aromatic heterocycles. The van der Waals surface area contributed by atoms with Crippen molar-refractivity contribution in [2.45, 2.75) is 63.1 Å². The number of fused-ring (bicyclic) bond motifs is 1. The Morgan fingerprint density at radius 1 is 1.22 bits per heavy atom. The minimum Gasteiger partial charge on any atom is -0.459 e. The topological polar surface area (TPSA) is 213 Å². The first-order chi connectivity index (χ1) is 22.8. The summed E-state index contributed by atoms with van der Waals surface area (Å²) in [5, 5.41) is 25.1. The number of nitrogens with two attached hydrogens (primary N) is 1. The molecule has 5 atom stereocenters. The highest BCUT2D eigenvalue weighted by Gasteiger charge is 2.54. The summed E-state index contributed by atoms with van der Waals surface area (Å²) in [5.41, 5.74) is -0.416. The van der Waals surface area contributed by atoms with Crippen LogP contribution in [0, 0.1) is 0 Å². The van der Waals surface area contributed by atoms with E-state index in [-0.39, 0.29) is 28.4 Å². The van der Waals surface area contributed by atoms with E-state index in [1.807, 2.05) is 0 Å². The number of benzene rings is 2. The van der Waals surface area contributed by atoms with Gasteiger partial charge in [0.15, 0.2) is 17.4 Å². The van der Waals surface area contributed by atoms with Crippen molar-refractivity contribution in [1.82, 2.24) is 24.6 Å². The maximum atomic E-state index is 14.2. The highest BCUT2D eigenvalue weighted by molar-refractivity contribution is 7.52. The summed E-state index contributed by atoms with van der Waals surface area (Å²) in [6.45, 7) is 2.25. The van der Waals surface area contributed by atoms with Crippen molar-refractivity contribution >= 4 is 42.4 Å². The van der Waals surface area contributed by atoms with Gasteiger partial charge >= 0.3 is 19.9 Å². The summed E-state index contributed by atoms with van der Waals surface area (Å²) >= 11 is 5.95. The van der Waals surface area contributed by atoms with E-state index < -0.39 is 73.8 Å². The van der Waals surface area contributed by atoms with Crippen molar-refractivity contribution in [3.8, 4) is 5.75 Å². The van der Waals surface area contributed by atoms with Crippen molar-refractivity contribution in [1.29, 1.82) is 0 Å². The minimum absolute atomic E-state index is 0.0277. The summed E-state index contributed by atoms with van der Waals surface area (Å²) in [7, 11) is -4.66. The van der Waals surface area contributed by atoms with Gasteiger partial charge < -0.3 is 29.9 Å². The van der Waals surface area contributed by atoms with E-state index in [1.165, 1.54) is 61.7 Å². The number of halogens is 4. The Morgan fingerprint density at radius 2 is 1.90 bits per heavy atom. The van der Waals surface area contributed by atoms with E-state index >= 15 is 0 Å². The van der Waals surface area contributed by atoms with Gasteiger partial charge in [-0.2, -0.15) is 23.2 Å². The van der Waals surface area contributed by atoms with Crippen LogP contribution in [-0.2, 0) is 36.1 Å². The van der Waals surface area contributed by atoms with E-state index in [0.29, 0.717) is 5.02 Å². The van der Waals surface area contributed by atoms with Crippen LogP contribution in [0.4, 0.5) is 19.1 Å². The third kappa shape index (κ3) is 7.75. The molecule has 3 heterocycles. The molecule has 0 radical (unpaired) electrons. The second-order valence-electron chi connectivity index (χ2n) is 11.8. The number of nitrogens with zero attached hydrogens (tertiary/aromatic N) is 3. The molecule has 1 saturated heterocycles. The van der Waals surface area contributed by atoms with Gasteiger partial charge in [-0.25, -0.2) is 9.55 Å². The number of carbonyl (C=O) groups is 1. The Morgan fingerprint density at radius 3 is 2.57 bits per heavy atom. The second-order valence-corrected chi connectivity index (χ2v) is 13.9. The Hall–Kier alpha value is -4.03. The molecule has 0 amide bonds. The Kier molecular flexibility index (Phi) is 9.88. The second kappa shape index (κ2) is 13.4. The third-order valence-electron chi connectivity index (χ3n) is 7.51. The number of esters is 1. The number of nitrogen functional groups attached to an aromatic ring is 1. The molecule has 1 aliphatic heterocycles. The molecule has 20 heteroatoms. The molecule has 49 heavy (non-hydrogen) atoms. The molecule has 6 N–H and O–H groups in total. The van der Waals surface area contributed by atoms with Crippen LogP contribution < -0.4 is 20.9 Å². The zero-order valence-electron chi connectivity index (χ0n) is 26.0. The fraction of sp³-hybridized carbons (Fsp3) is 0.379. The third-order valence-corrected chi connectivity index (χ3v) is 9.54. The SMILES string of the molecule is CC(C)(NP(=O)(OCC1OC(n2cnc3c(=O)[nH]c(N)nc32)[C@](C)(O)[C@@H]1O)Oc1ccc(Cl)cc1)C(=O)OCc1ccccc1C(F)(F)F. The van der Waals surface area contributed by atoms with Crippen LogP contribution in [0.25, 0.3) is 11.2 Å². The largest absolute Gasteiger partial charge is 0.459 e. The molecule has 1 fully saturated rings. The number of rotatable bonds is 11. The lowest BCUT2D eigenvalue weighted by Crippen LogP contribution is -2.47. The highest BCUT2D eigenvalue weighted by Crippen LogP contribution is 2.48. The summed E-state index contributed by atoms with van der Waals surface area (Å²) < 4.78 is 78.1. The van der Waals surface area contributed by atoms with E-state index in [0.717, 1.165) is 18.5 Å². The number of anilines is 1. The number of aliphatic hydroxyl groups excluding tert-OH is 1. The van der Waals surface area contributed by atoms with Crippen LogP contribution in [0.1, 0.15) is 38.1 Å².